The standard InChI is InChI=1S/C13H18ClNO3/c1-4-18-9-15(12(16)8-14)13-10(2)6-5-7-11(13)17-3/h5-7H,4,8-9H2,1-3H3. The number of amides is 1. The number of benzene rings is 1. The lowest BCUT2D eigenvalue weighted by atomic mass is 10.1. The van der Waals surface area contributed by atoms with Gasteiger partial charge in [0.25, 0.3) is 0 Å². The zero-order valence-electron chi connectivity index (χ0n) is 10.9. The van der Waals surface area contributed by atoms with E-state index in [2.05, 4.69) is 0 Å². The highest BCUT2D eigenvalue weighted by molar-refractivity contribution is 6.29. The Hall–Kier alpha value is -1.26. The Balaban J connectivity index is 3.14. The van der Waals surface area contributed by atoms with E-state index in [1.165, 1.54) is 4.90 Å². The van der Waals surface area contributed by atoms with E-state index in [1.54, 1.807) is 7.11 Å². The van der Waals surface area contributed by atoms with Crippen LogP contribution in [0.1, 0.15) is 12.5 Å². The molecular weight excluding hydrogens is 254 g/mol. The molecule has 0 aliphatic carbocycles. The number of halogens is 1. The highest BCUT2D eigenvalue weighted by Gasteiger charge is 2.20. The van der Waals surface area contributed by atoms with Crippen molar-refractivity contribution in [2.24, 2.45) is 0 Å². The predicted molar refractivity (Wildman–Crippen MR) is 72.4 cm³/mol. The average Bonchev–Trinajstić information content (AvgIpc) is 2.39. The van der Waals surface area contributed by atoms with E-state index in [0.717, 1.165) is 5.56 Å². The van der Waals surface area contributed by atoms with Crippen molar-refractivity contribution in [3.8, 4) is 5.75 Å². The highest BCUT2D eigenvalue weighted by Crippen LogP contribution is 2.31. The second kappa shape index (κ2) is 7.24. The molecule has 0 aromatic heterocycles. The van der Waals surface area contributed by atoms with Crippen LogP contribution in [0.5, 0.6) is 5.75 Å². The summed E-state index contributed by atoms with van der Waals surface area (Å²) in [4.78, 5) is 13.4. The van der Waals surface area contributed by atoms with Crippen LogP contribution in [0.2, 0.25) is 0 Å². The van der Waals surface area contributed by atoms with Gasteiger partial charge < -0.3 is 9.47 Å². The van der Waals surface area contributed by atoms with E-state index in [-0.39, 0.29) is 18.5 Å². The molecule has 0 fully saturated rings. The van der Waals surface area contributed by atoms with Gasteiger partial charge in [-0.1, -0.05) is 12.1 Å². The summed E-state index contributed by atoms with van der Waals surface area (Å²) in [7, 11) is 1.57. The summed E-state index contributed by atoms with van der Waals surface area (Å²) >= 11 is 5.64. The zero-order valence-corrected chi connectivity index (χ0v) is 11.7. The van der Waals surface area contributed by atoms with Crippen LogP contribution < -0.4 is 9.64 Å². The quantitative estimate of drug-likeness (QED) is 0.590. The van der Waals surface area contributed by atoms with Crippen LogP contribution in [-0.2, 0) is 9.53 Å². The van der Waals surface area contributed by atoms with Crippen molar-refractivity contribution in [3.05, 3.63) is 23.8 Å². The van der Waals surface area contributed by atoms with Crippen LogP contribution in [-0.4, -0.2) is 32.2 Å². The number of carbonyl (C=O) groups is 1. The molecule has 1 aromatic carbocycles. The van der Waals surface area contributed by atoms with Crippen LogP contribution in [0.3, 0.4) is 0 Å². The Morgan fingerprint density at radius 1 is 1.44 bits per heavy atom. The summed E-state index contributed by atoms with van der Waals surface area (Å²) in [5.74, 6) is 0.329. The molecule has 1 amide bonds. The van der Waals surface area contributed by atoms with Gasteiger partial charge in [-0.25, -0.2) is 0 Å². The molecule has 0 bridgehead atoms. The third-order valence-corrected chi connectivity index (χ3v) is 2.76. The number of para-hydroxylation sites is 1. The van der Waals surface area contributed by atoms with Gasteiger partial charge in [-0.15, -0.1) is 11.6 Å². The Bertz CT molecular complexity index is 409. The lowest BCUT2D eigenvalue weighted by Gasteiger charge is -2.25. The molecule has 0 radical (unpaired) electrons. The highest BCUT2D eigenvalue weighted by atomic mass is 35.5. The van der Waals surface area contributed by atoms with Crippen LogP contribution in [0.4, 0.5) is 5.69 Å². The third kappa shape index (κ3) is 3.37. The van der Waals surface area contributed by atoms with E-state index >= 15 is 0 Å². The summed E-state index contributed by atoms with van der Waals surface area (Å²) in [6.07, 6.45) is 0. The molecule has 100 valence electrons. The van der Waals surface area contributed by atoms with E-state index in [1.807, 2.05) is 32.0 Å². The fourth-order valence-corrected chi connectivity index (χ4v) is 1.80. The molecule has 0 saturated heterocycles. The van der Waals surface area contributed by atoms with Crippen molar-refractivity contribution >= 4 is 23.2 Å². The van der Waals surface area contributed by atoms with Gasteiger partial charge in [-0.3, -0.25) is 9.69 Å². The summed E-state index contributed by atoms with van der Waals surface area (Å²) < 4.78 is 10.6. The number of alkyl halides is 1. The van der Waals surface area contributed by atoms with Crippen molar-refractivity contribution < 1.29 is 14.3 Å². The van der Waals surface area contributed by atoms with E-state index in [4.69, 9.17) is 21.1 Å². The van der Waals surface area contributed by atoms with Crippen LogP contribution in [0.15, 0.2) is 18.2 Å². The Labute approximate surface area is 112 Å². The fraction of sp³-hybridized carbons (Fsp3) is 0.462. The molecular formula is C13H18ClNO3. The molecule has 1 aromatic rings. The lowest BCUT2D eigenvalue weighted by molar-refractivity contribution is -0.117. The lowest BCUT2D eigenvalue weighted by Crippen LogP contribution is -2.35. The molecule has 0 N–H and O–H groups in total. The Morgan fingerprint density at radius 2 is 2.17 bits per heavy atom. The number of carbonyl (C=O) groups excluding carboxylic acids is 1. The SMILES string of the molecule is CCOCN(C(=O)CCl)c1c(C)cccc1OC. The Kier molecular flexibility index (Phi) is 5.95. The number of rotatable bonds is 6. The molecule has 0 atom stereocenters. The van der Waals surface area contributed by atoms with E-state index in [0.29, 0.717) is 18.0 Å². The minimum Gasteiger partial charge on any atom is -0.495 e. The third-order valence-electron chi connectivity index (χ3n) is 2.53. The molecule has 0 saturated carbocycles. The molecule has 0 spiro atoms. The molecule has 18 heavy (non-hydrogen) atoms. The molecule has 4 nitrogen and oxygen atoms in total. The topological polar surface area (TPSA) is 38.8 Å². The summed E-state index contributed by atoms with van der Waals surface area (Å²) in [6.45, 7) is 4.49. The minimum absolute atomic E-state index is 0.0927. The second-order valence-corrected chi connectivity index (χ2v) is 3.97. The molecule has 5 heteroatoms. The van der Waals surface area contributed by atoms with Crippen LogP contribution in [0.25, 0.3) is 0 Å². The first-order valence-electron chi connectivity index (χ1n) is 5.73. The maximum atomic E-state index is 11.9. The predicted octanol–water partition coefficient (Wildman–Crippen LogP) is 2.57. The summed E-state index contributed by atoms with van der Waals surface area (Å²) in [5.41, 5.74) is 1.65. The molecule has 1 rings (SSSR count). The first-order chi connectivity index (χ1) is 8.65. The van der Waals surface area contributed by atoms with Gasteiger partial charge in [0.1, 0.15) is 18.4 Å². The van der Waals surface area contributed by atoms with Crippen molar-refractivity contribution in [2.75, 3.05) is 31.2 Å². The first-order valence-corrected chi connectivity index (χ1v) is 6.26. The minimum atomic E-state index is -0.210. The Morgan fingerprint density at radius 3 is 2.72 bits per heavy atom. The second-order valence-electron chi connectivity index (χ2n) is 3.70. The molecule has 0 aliphatic rings. The summed E-state index contributed by atoms with van der Waals surface area (Å²) in [5, 5.41) is 0. The van der Waals surface area contributed by atoms with Gasteiger partial charge in [-0.2, -0.15) is 0 Å². The van der Waals surface area contributed by atoms with Gasteiger partial charge in [0, 0.05) is 6.61 Å². The first kappa shape index (κ1) is 14.8. The van der Waals surface area contributed by atoms with Crippen LogP contribution in [0, 0.1) is 6.92 Å². The molecule has 0 heterocycles. The monoisotopic (exact) mass is 271 g/mol. The average molecular weight is 272 g/mol. The van der Waals surface area contributed by atoms with Crippen molar-refractivity contribution in [1.82, 2.24) is 0 Å². The van der Waals surface area contributed by atoms with Gasteiger partial charge in [0.2, 0.25) is 5.91 Å². The number of aryl methyl sites for hydroxylation is 1. The van der Waals surface area contributed by atoms with Gasteiger partial charge in [0.05, 0.1) is 12.8 Å². The van der Waals surface area contributed by atoms with Crippen molar-refractivity contribution in [3.63, 3.8) is 0 Å². The normalized spacial score (nSPS) is 10.2. The van der Waals surface area contributed by atoms with Gasteiger partial charge >= 0.3 is 0 Å². The largest absolute Gasteiger partial charge is 0.495 e. The number of nitrogens with zero attached hydrogens (tertiary/aromatic N) is 1. The van der Waals surface area contributed by atoms with E-state index in [9.17, 15) is 4.79 Å². The van der Waals surface area contributed by atoms with Crippen molar-refractivity contribution in [1.29, 1.82) is 0 Å². The number of methoxy groups -OCH3 is 1. The summed E-state index contributed by atoms with van der Waals surface area (Å²) in [6, 6.07) is 5.60. The number of hydrogen-bond acceptors (Lipinski definition) is 3. The zero-order chi connectivity index (χ0) is 13.5. The fourth-order valence-electron chi connectivity index (χ4n) is 1.66. The van der Waals surface area contributed by atoms with Crippen molar-refractivity contribution in [2.45, 2.75) is 13.8 Å². The number of anilines is 1. The number of ether oxygens (including phenoxy) is 2. The van der Waals surface area contributed by atoms with E-state index < -0.39 is 0 Å². The smallest absolute Gasteiger partial charge is 0.243 e. The van der Waals surface area contributed by atoms with Crippen LogP contribution >= 0.6 is 11.6 Å². The number of hydrogen-bond donors (Lipinski definition) is 0. The maximum Gasteiger partial charge on any atom is 0.243 e. The molecule has 0 aliphatic heterocycles. The maximum absolute atomic E-state index is 11.9. The molecule has 0 unspecified atom stereocenters. The van der Waals surface area contributed by atoms with Gasteiger partial charge in [-0.05, 0) is 25.5 Å². The van der Waals surface area contributed by atoms with Gasteiger partial charge in [0.15, 0.2) is 0 Å².